The minimum Gasteiger partial charge on any atom is -0.355 e. The van der Waals surface area contributed by atoms with E-state index in [9.17, 15) is 4.79 Å². The lowest BCUT2D eigenvalue weighted by atomic mass is 9.85. The van der Waals surface area contributed by atoms with E-state index in [1.807, 2.05) is 16.8 Å². The van der Waals surface area contributed by atoms with Crippen LogP contribution in [-0.2, 0) is 4.79 Å². The Bertz CT molecular complexity index is 725. The quantitative estimate of drug-likeness (QED) is 0.918. The minimum absolute atomic E-state index is 0.0563. The highest BCUT2D eigenvalue weighted by Gasteiger charge is 2.35. The maximum Gasteiger partial charge on any atom is 0.226 e. The fraction of sp³-hybridized carbons (Fsp3) is 0.556. The molecule has 1 N–H and O–H groups in total. The summed E-state index contributed by atoms with van der Waals surface area (Å²) in [6.45, 7) is 3.68. The van der Waals surface area contributed by atoms with Crippen LogP contribution in [0.15, 0.2) is 31.1 Å². The molecule has 2 aromatic rings. The number of hydrogen-bond donors (Lipinski definition) is 1. The molecule has 1 saturated heterocycles. The van der Waals surface area contributed by atoms with Gasteiger partial charge in [-0.05, 0) is 18.8 Å². The smallest absolute Gasteiger partial charge is 0.226 e. The lowest BCUT2D eigenvalue weighted by Gasteiger charge is -2.40. The van der Waals surface area contributed by atoms with Crippen molar-refractivity contribution in [2.24, 2.45) is 11.8 Å². The number of nitrogens with zero attached hydrogens (tertiary/aromatic N) is 5. The molecular formula is C18H24N6O. The molecule has 132 valence electrons. The predicted octanol–water partition coefficient (Wildman–Crippen LogP) is 1.79. The fourth-order valence-electron chi connectivity index (χ4n) is 3.71. The van der Waals surface area contributed by atoms with E-state index in [2.05, 4.69) is 32.1 Å². The zero-order valence-corrected chi connectivity index (χ0v) is 14.5. The second kappa shape index (κ2) is 6.82. The molecule has 0 spiro atoms. The topological polar surface area (TPSA) is 75.9 Å². The van der Waals surface area contributed by atoms with E-state index in [1.165, 1.54) is 19.3 Å². The third-order valence-corrected chi connectivity index (χ3v) is 5.42. The summed E-state index contributed by atoms with van der Waals surface area (Å²) in [6.07, 6.45) is 11.7. The van der Waals surface area contributed by atoms with Crippen molar-refractivity contribution in [2.75, 3.05) is 18.0 Å². The lowest BCUT2D eigenvalue weighted by Crippen LogP contribution is -2.56. The molecule has 1 amide bonds. The molecule has 0 radical (unpaired) electrons. The Labute approximate surface area is 147 Å². The van der Waals surface area contributed by atoms with Crippen molar-refractivity contribution in [3.05, 3.63) is 31.1 Å². The second-order valence-electron chi connectivity index (χ2n) is 7.18. The summed E-state index contributed by atoms with van der Waals surface area (Å²) >= 11 is 0. The van der Waals surface area contributed by atoms with E-state index in [0.29, 0.717) is 25.0 Å². The first-order chi connectivity index (χ1) is 12.2. The van der Waals surface area contributed by atoms with Crippen LogP contribution in [0, 0.1) is 11.8 Å². The molecule has 4 rings (SSSR count). The normalized spacial score (nSPS) is 24.0. The Hall–Kier alpha value is -2.44. The monoisotopic (exact) mass is 340 g/mol. The van der Waals surface area contributed by atoms with Gasteiger partial charge < -0.3 is 10.2 Å². The zero-order valence-electron chi connectivity index (χ0n) is 14.5. The molecule has 0 unspecified atom stereocenters. The number of hydrogen-bond acceptors (Lipinski definition) is 5. The zero-order chi connectivity index (χ0) is 17.2. The molecule has 2 aliphatic rings. The minimum atomic E-state index is 0.0563. The van der Waals surface area contributed by atoms with E-state index >= 15 is 0 Å². The predicted molar refractivity (Wildman–Crippen MR) is 94.4 cm³/mol. The van der Waals surface area contributed by atoms with Crippen molar-refractivity contribution in [1.82, 2.24) is 24.8 Å². The first kappa shape index (κ1) is 16.1. The number of nitrogens with one attached hydrogen (secondary N) is 1. The molecule has 7 nitrogen and oxygen atoms in total. The van der Waals surface area contributed by atoms with Gasteiger partial charge in [-0.2, -0.15) is 0 Å². The Morgan fingerprint density at radius 2 is 2.00 bits per heavy atom. The van der Waals surface area contributed by atoms with Crippen LogP contribution < -0.4 is 10.2 Å². The average molecular weight is 340 g/mol. The van der Waals surface area contributed by atoms with Gasteiger partial charge in [0.15, 0.2) is 0 Å². The number of aromatic nitrogens is 4. The SMILES string of the molecule is C[C@H]1CCCC[C@@H]1NC(=O)C1CN(c2cc(-n3ccnc3)ncn2)C1. The molecule has 0 bridgehead atoms. The van der Waals surface area contributed by atoms with E-state index in [0.717, 1.165) is 18.1 Å². The van der Waals surface area contributed by atoms with Crippen molar-refractivity contribution in [3.63, 3.8) is 0 Å². The van der Waals surface area contributed by atoms with Gasteiger partial charge in [0, 0.05) is 37.6 Å². The van der Waals surface area contributed by atoms with Crippen molar-refractivity contribution >= 4 is 11.7 Å². The van der Waals surface area contributed by atoms with Crippen molar-refractivity contribution in [3.8, 4) is 5.82 Å². The lowest BCUT2D eigenvalue weighted by molar-refractivity contribution is -0.127. The fourth-order valence-corrected chi connectivity index (χ4v) is 3.71. The van der Waals surface area contributed by atoms with Crippen LogP contribution in [-0.4, -0.2) is 44.6 Å². The molecule has 1 saturated carbocycles. The third kappa shape index (κ3) is 3.36. The van der Waals surface area contributed by atoms with Crippen LogP contribution in [0.3, 0.4) is 0 Å². The van der Waals surface area contributed by atoms with Gasteiger partial charge in [-0.15, -0.1) is 0 Å². The molecular weight excluding hydrogens is 316 g/mol. The van der Waals surface area contributed by atoms with Crippen LogP contribution in [0.25, 0.3) is 5.82 Å². The molecule has 3 heterocycles. The van der Waals surface area contributed by atoms with Crippen LogP contribution >= 0.6 is 0 Å². The Balaban J connectivity index is 1.34. The molecule has 2 atom stereocenters. The Morgan fingerprint density at radius 1 is 1.20 bits per heavy atom. The number of rotatable bonds is 4. The highest BCUT2D eigenvalue weighted by molar-refractivity contribution is 5.82. The first-order valence-electron chi connectivity index (χ1n) is 9.06. The average Bonchev–Trinajstić information content (AvgIpc) is 3.10. The van der Waals surface area contributed by atoms with Crippen LogP contribution in [0.1, 0.15) is 32.6 Å². The largest absolute Gasteiger partial charge is 0.355 e. The van der Waals surface area contributed by atoms with Gasteiger partial charge in [-0.25, -0.2) is 15.0 Å². The van der Waals surface area contributed by atoms with Gasteiger partial charge in [0.25, 0.3) is 0 Å². The molecule has 2 aromatic heterocycles. The van der Waals surface area contributed by atoms with E-state index in [1.54, 1.807) is 18.9 Å². The summed E-state index contributed by atoms with van der Waals surface area (Å²) in [6, 6.07) is 2.28. The molecule has 2 fully saturated rings. The first-order valence-corrected chi connectivity index (χ1v) is 9.06. The van der Waals surface area contributed by atoms with E-state index < -0.39 is 0 Å². The van der Waals surface area contributed by atoms with Crippen LogP contribution in [0.2, 0.25) is 0 Å². The second-order valence-corrected chi connectivity index (χ2v) is 7.18. The summed E-state index contributed by atoms with van der Waals surface area (Å²) in [5.74, 6) is 2.48. The van der Waals surface area contributed by atoms with Gasteiger partial charge in [-0.3, -0.25) is 9.36 Å². The van der Waals surface area contributed by atoms with Crippen LogP contribution in [0.4, 0.5) is 5.82 Å². The van der Waals surface area contributed by atoms with Gasteiger partial charge in [-0.1, -0.05) is 19.8 Å². The number of imidazole rings is 1. The van der Waals surface area contributed by atoms with Crippen molar-refractivity contribution in [2.45, 2.75) is 38.6 Å². The number of carbonyl (C=O) groups excluding carboxylic acids is 1. The summed E-state index contributed by atoms with van der Waals surface area (Å²) in [5.41, 5.74) is 0. The summed E-state index contributed by atoms with van der Waals surface area (Å²) in [4.78, 5) is 27.3. The van der Waals surface area contributed by atoms with E-state index in [-0.39, 0.29) is 11.8 Å². The van der Waals surface area contributed by atoms with Gasteiger partial charge >= 0.3 is 0 Å². The maximum atomic E-state index is 12.5. The van der Waals surface area contributed by atoms with Gasteiger partial charge in [0.2, 0.25) is 5.91 Å². The molecule has 0 aromatic carbocycles. The van der Waals surface area contributed by atoms with E-state index in [4.69, 9.17) is 0 Å². The van der Waals surface area contributed by atoms with Crippen molar-refractivity contribution < 1.29 is 4.79 Å². The number of anilines is 1. The molecule has 1 aliphatic carbocycles. The maximum absolute atomic E-state index is 12.5. The van der Waals surface area contributed by atoms with Crippen molar-refractivity contribution in [1.29, 1.82) is 0 Å². The highest BCUT2D eigenvalue weighted by atomic mass is 16.2. The Morgan fingerprint density at radius 3 is 2.76 bits per heavy atom. The molecule has 7 heteroatoms. The third-order valence-electron chi connectivity index (χ3n) is 5.42. The number of amides is 1. The summed E-state index contributed by atoms with van der Waals surface area (Å²) in [5, 5.41) is 3.27. The summed E-state index contributed by atoms with van der Waals surface area (Å²) < 4.78 is 1.85. The standard InChI is InChI=1S/C18H24N6O/c1-13-4-2-3-5-15(13)22-18(25)14-9-24(10-14)17-8-16(20-11-21-17)23-7-6-19-12-23/h6-8,11-15H,2-5,9-10H2,1H3,(H,22,25)/t13-,15-/m0/s1. The van der Waals surface area contributed by atoms with Gasteiger partial charge in [0.1, 0.15) is 24.3 Å². The van der Waals surface area contributed by atoms with Crippen LogP contribution in [0.5, 0.6) is 0 Å². The van der Waals surface area contributed by atoms with Gasteiger partial charge in [0.05, 0.1) is 5.92 Å². The molecule has 25 heavy (non-hydrogen) atoms. The Kier molecular flexibility index (Phi) is 4.38. The molecule has 1 aliphatic heterocycles. The number of carbonyl (C=O) groups is 1. The highest BCUT2D eigenvalue weighted by Crippen LogP contribution is 2.27. The summed E-state index contributed by atoms with van der Waals surface area (Å²) in [7, 11) is 0.